The fourth-order valence-electron chi connectivity index (χ4n) is 3.64. The Morgan fingerprint density at radius 1 is 1.06 bits per heavy atom. The third-order valence-corrected chi connectivity index (χ3v) is 5.46. The van der Waals surface area contributed by atoms with Gasteiger partial charge < -0.3 is 20.3 Å². The first-order valence-electron chi connectivity index (χ1n) is 11.6. The Morgan fingerprint density at radius 2 is 1.81 bits per heavy atom. The summed E-state index contributed by atoms with van der Waals surface area (Å²) in [7, 11) is 0. The highest BCUT2D eigenvalue weighted by Crippen LogP contribution is 2.15. The molecule has 0 saturated carbocycles. The van der Waals surface area contributed by atoms with E-state index in [-0.39, 0.29) is 5.91 Å². The molecule has 6 heteroatoms. The lowest BCUT2D eigenvalue weighted by molar-refractivity contribution is -0.128. The van der Waals surface area contributed by atoms with Crippen LogP contribution in [0.1, 0.15) is 43.4 Å². The summed E-state index contributed by atoms with van der Waals surface area (Å²) in [6.07, 6.45) is 1.66. The molecule has 0 radical (unpaired) electrons. The monoisotopic (exact) mass is 436 g/mol. The summed E-state index contributed by atoms with van der Waals surface area (Å²) in [6.45, 7) is 9.37. The molecule has 0 bridgehead atoms. The minimum atomic E-state index is 0.264. The molecule has 2 N–H and O–H groups in total. The Labute approximate surface area is 192 Å². The molecule has 172 valence electrons. The first-order valence-corrected chi connectivity index (χ1v) is 11.6. The highest BCUT2D eigenvalue weighted by molar-refractivity contribution is 5.79. The molecule has 1 atom stereocenters. The number of ether oxygens (including phenoxy) is 1. The first-order chi connectivity index (χ1) is 15.6. The van der Waals surface area contributed by atoms with Gasteiger partial charge in [-0.25, -0.2) is 4.99 Å². The van der Waals surface area contributed by atoms with Crippen molar-refractivity contribution < 1.29 is 9.53 Å². The van der Waals surface area contributed by atoms with Crippen molar-refractivity contribution in [3.8, 4) is 0 Å². The van der Waals surface area contributed by atoms with Gasteiger partial charge in [0.25, 0.3) is 0 Å². The Balaban J connectivity index is 1.41. The number of benzene rings is 2. The van der Waals surface area contributed by atoms with Gasteiger partial charge in [0.2, 0.25) is 5.91 Å². The number of nitrogens with zero attached hydrogens (tertiary/aromatic N) is 2. The number of rotatable bonds is 11. The maximum absolute atomic E-state index is 11.8. The maximum Gasteiger partial charge on any atom is 0.222 e. The number of nitrogens with one attached hydrogen (secondary N) is 2. The Hall–Kier alpha value is -2.86. The van der Waals surface area contributed by atoms with Gasteiger partial charge >= 0.3 is 0 Å². The van der Waals surface area contributed by atoms with Crippen LogP contribution in [-0.2, 0) is 29.2 Å². The van der Waals surface area contributed by atoms with E-state index < -0.39 is 0 Å². The van der Waals surface area contributed by atoms with Crippen molar-refractivity contribution in [2.24, 2.45) is 10.9 Å². The number of likely N-dealkylation sites (tertiary alicyclic amines) is 1. The molecule has 1 heterocycles. The molecule has 1 saturated heterocycles. The molecule has 1 amide bonds. The van der Waals surface area contributed by atoms with E-state index in [1.54, 1.807) is 0 Å². The molecule has 1 aliphatic rings. The summed E-state index contributed by atoms with van der Waals surface area (Å²) in [5.74, 6) is 1.45. The van der Waals surface area contributed by atoms with Crippen LogP contribution in [0, 0.1) is 5.92 Å². The number of hydrogen-bond donors (Lipinski definition) is 2. The van der Waals surface area contributed by atoms with E-state index in [9.17, 15) is 4.79 Å². The van der Waals surface area contributed by atoms with Gasteiger partial charge in [0.1, 0.15) is 0 Å². The van der Waals surface area contributed by atoms with Gasteiger partial charge in [-0.15, -0.1) is 0 Å². The second kappa shape index (κ2) is 12.9. The van der Waals surface area contributed by atoms with Gasteiger partial charge in [-0.3, -0.25) is 4.79 Å². The van der Waals surface area contributed by atoms with Crippen molar-refractivity contribution in [2.75, 3.05) is 26.2 Å². The summed E-state index contributed by atoms with van der Waals surface area (Å²) in [5, 5.41) is 6.73. The standard InChI is InChI=1S/C26H36N4O2/c1-3-27-26(28-16-21(2)19-32-20-24-8-5-4-6-9-24)29-17-22-11-13-23(14-12-22)18-30-15-7-10-25(30)31/h4-6,8-9,11-14,21H,3,7,10,15-20H2,1-2H3,(H2,27,28,29). The van der Waals surface area contributed by atoms with E-state index in [1.807, 2.05) is 23.1 Å². The third-order valence-electron chi connectivity index (χ3n) is 5.46. The van der Waals surface area contributed by atoms with Crippen LogP contribution in [0.2, 0.25) is 0 Å². The molecule has 0 aliphatic carbocycles. The molecule has 0 spiro atoms. The second-order valence-electron chi connectivity index (χ2n) is 8.42. The van der Waals surface area contributed by atoms with Crippen LogP contribution in [-0.4, -0.2) is 43.0 Å². The molecule has 6 nitrogen and oxygen atoms in total. The van der Waals surface area contributed by atoms with Gasteiger partial charge in [-0.2, -0.15) is 0 Å². The zero-order chi connectivity index (χ0) is 22.6. The van der Waals surface area contributed by atoms with Crippen molar-refractivity contribution >= 4 is 11.9 Å². The number of hydrogen-bond acceptors (Lipinski definition) is 3. The van der Waals surface area contributed by atoms with Crippen molar-refractivity contribution in [2.45, 2.75) is 46.4 Å². The van der Waals surface area contributed by atoms with Crippen LogP contribution in [0.4, 0.5) is 0 Å². The number of amides is 1. The number of carbonyl (C=O) groups excluding carboxylic acids is 1. The van der Waals surface area contributed by atoms with Gasteiger partial charge in [0.05, 0.1) is 19.8 Å². The summed E-state index contributed by atoms with van der Waals surface area (Å²) < 4.78 is 5.84. The van der Waals surface area contributed by atoms with Crippen LogP contribution in [0.15, 0.2) is 59.6 Å². The summed E-state index contributed by atoms with van der Waals surface area (Å²) in [5.41, 5.74) is 3.51. The van der Waals surface area contributed by atoms with Crippen LogP contribution < -0.4 is 10.6 Å². The largest absolute Gasteiger partial charge is 0.376 e. The van der Waals surface area contributed by atoms with E-state index >= 15 is 0 Å². The first kappa shape index (κ1) is 23.8. The molecule has 2 aromatic carbocycles. The normalized spacial score (nSPS) is 15.1. The molecular weight excluding hydrogens is 400 g/mol. The molecule has 32 heavy (non-hydrogen) atoms. The Bertz CT molecular complexity index is 852. The molecule has 3 rings (SSSR count). The predicted octanol–water partition coefficient (Wildman–Crippen LogP) is 3.72. The van der Waals surface area contributed by atoms with E-state index in [4.69, 9.17) is 9.73 Å². The van der Waals surface area contributed by atoms with Crippen LogP contribution in [0.3, 0.4) is 0 Å². The summed E-state index contributed by atoms with van der Waals surface area (Å²) in [4.78, 5) is 18.5. The van der Waals surface area contributed by atoms with Gasteiger partial charge in [-0.1, -0.05) is 61.5 Å². The molecule has 1 aliphatic heterocycles. The van der Waals surface area contributed by atoms with Crippen LogP contribution >= 0.6 is 0 Å². The smallest absolute Gasteiger partial charge is 0.222 e. The molecule has 0 aromatic heterocycles. The van der Waals surface area contributed by atoms with Crippen LogP contribution in [0.25, 0.3) is 0 Å². The van der Waals surface area contributed by atoms with Crippen molar-refractivity contribution in [1.29, 1.82) is 0 Å². The van der Waals surface area contributed by atoms with E-state index in [2.05, 4.69) is 60.9 Å². The Morgan fingerprint density at radius 3 is 2.50 bits per heavy atom. The quantitative estimate of drug-likeness (QED) is 0.416. The number of carbonyl (C=O) groups is 1. The third kappa shape index (κ3) is 8.00. The zero-order valence-electron chi connectivity index (χ0n) is 19.3. The van der Waals surface area contributed by atoms with E-state index in [0.29, 0.717) is 38.6 Å². The second-order valence-corrected chi connectivity index (χ2v) is 8.42. The van der Waals surface area contributed by atoms with Gasteiger partial charge in [0, 0.05) is 32.6 Å². The SMILES string of the molecule is CCNC(=NCc1ccc(CN2CCCC2=O)cc1)NCC(C)COCc1ccccc1. The summed E-state index contributed by atoms with van der Waals surface area (Å²) in [6, 6.07) is 18.6. The van der Waals surface area contributed by atoms with Crippen molar-refractivity contribution in [3.05, 3.63) is 71.3 Å². The summed E-state index contributed by atoms with van der Waals surface area (Å²) >= 11 is 0. The fourth-order valence-corrected chi connectivity index (χ4v) is 3.64. The predicted molar refractivity (Wildman–Crippen MR) is 129 cm³/mol. The lowest BCUT2D eigenvalue weighted by Gasteiger charge is -2.16. The Kier molecular flexibility index (Phi) is 9.57. The minimum Gasteiger partial charge on any atom is -0.376 e. The topological polar surface area (TPSA) is 66.0 Å². The minimum absolute atomic E-state index is 0.264. The van der Waals surface area contributed by atoms with Crippen LogP contribution in [0.5, 0.6) is 0 Å². The number of aliphatic imine (C=N–C) groups is 1. The average Bonchev–Trinajstić information content (AvgIpc) is 3.21. The highest BCUT2D eigenvalue weighted by atomic mass is 16.5. The highest BCUT2D eigenvalue weighted by Gasteiger charge is 2.19. The molecule has 2 aromatic rings. The number of guanidine groups is 1. The van der Waals surface area contributed by atoms with Crippen molar-refractivity contribution in [3.63, 3.8) is 0 Å². The lowest BCUT2D eigenvalue weighted by atomic mass is 10.1. The molecule has 1 unspecified atom stereocenters. The van der Waals surface area contributed by atoms with E-state index in [1.165, 1.54) is 11.1 Å². The molecule has 1 fully saturated rings. The lowest BCUT2D eigenvalue weighted by Crippen LogP contribution is -2.40. The van der Waals surface area contributed by atoms with Crippen molar-refractivity contribution in [1.82, 2.24) is 15.5 Å². The van der Waals surface area contributed by atoms with Gasteiger partial charge in [0.15, 0.2) is 5.96 Å². The fraction of sp³-hybridized carbons (Fsp3) is 0.462. The average molecular weight is 437 g/mol. The maximum atomic E-state index is 11.8. The van der Waals surface area contributed by atoms with Gasteiger partial charge in [-0.05, 0) is 36.0 Å². The van der Waals surface area contributed by atoms with E-state index in [0.717, 1.165) is 37.6 Å². The zero-order valence-corrected chi connectivity index (χ0v) is 19.3. The molecular formula is C26H36N4O2.